The van der Waals surface area contributed by atoms with Crippen LogP contribution in [0.1, 0.15) is 29.2 Å². The predicted octanol–water partition coefficient (Wildman–Crippen LogP) is 3.64. The molecule has 0 radical (unpaired) electrons. The first-order chi connectivity index (χ1) is 16.3. The van der Waals surface area contributed by atoms with Gasteiger partial charge in [-0.15, -0.1) is 24.0 Å². The molecule has 0 aliphatic carbocycles. The lowest BCUT2D eigenvalue weighted by Crippen LogP contribution is -2.37. The van der Waals surface area contributed by atoms with Crippen molar-refractivity contribution in [1.29, 1.82) is 0 Å². The molecule has 0 amide bonds. The van der Waals surface area contributed by atoms with Gasteiger partial charge < -0.3 is 15.4 Å². The molecule has 1 aliphatic rings. The monoisotopic (exact) mass is 574 g/mol. The van der Waals surface area contributed by atoms with E-state index in [-0.39, 0.29) is 24.0 Å². The molecule has 34 heavy (non-hydrogen) atoms. The van der Waals surface area contributed by atoms with Crippen molar-refractivity contribution >= 4 is 29.9 Å². The molecule has 0 bridgehead atoms. The first-order valence-electron chi connectivity index (χ1n) is 11.7. The van der Waals surface area contributed by atoms with Crippen molar-refractivity contribution in [2.75, 3.05) is 32.8 Å². The Bertz CT molecular complexity index is 1000. The summed E-state index contributed by atoms with van der Waals surface area (Å²) >= 11 is 0. The average Bonchev–Trinajstić information content (AvgIpc) is 3.36. The van der Waals surface area contributed by atoms with E-state index in [0.29, 0.717) is 13.1 Å². The van der Waals surface area contributed by atoms with E-state index in [4.69, 9.17) is 9.73 Å². The summed E-state index contributed by atoms with van der Waals surface area (Å²) in [6.45, 7) is 9.68. The Morgan fingerprint density at radius 3 is 2.38 bits per heavy atom. The molecule has 1 aromatic heterocycles. The van der Waals surface area contributed by atoms with E-state index in [0.717, 1.165) is 51.9 Å². The summed E-state index contributed by atoms with van der Waals surface area (Å²) in [4.78, 5) is 7.24. The van der Waals surface area contributed by atoms with Crippen LogP contribution in [-0.4, -0.2) is 53.5 Å². The molecule has 7 nitrogen and oxygen atoms in total. The van der Waals surface area contributed by atoms with Crippen molar-refractivity contribution in [3.63, 3.8) is 0 Å². The number of nitrogens with zero attached hydrogens (tertiary/aromatic N) is 4. The number of nitrogens with one attached hydrogen (secondary N) is 2. The maximum absolute atomic E-state index is 5.44. The number of aromatic nitrogens is 2. The summed E-state index contributed by atoms with van der Waals surface area (Å²) in [7, 11) is 0. The van der Waals surface area contributed by atoms with Gasteiger partial charge in [0, 0.05) is 45.1 Å². The van der Waals surface area contributed by atoms with Gasteiger partial charge in [0.2, 0.25) is 0 Å². The molecule has 2 heterocycles. The van der Waals surface area contributed by atoms with Gasteiger partial charge in [0.15, 0.2) is 5.96 Å². The summed E-state index contributed by atoms with van der Waals surface area (Å²) in [5, 5.41) is 11.2. The lowest BCUT2D eigenvalue weighted by Gasteiger charge is -2.26. The van der Waals surface area contributed by atoms with Crippen LogP contribution in [0, 0.1) is 0 Å². The molecule has 1 fully saturated rings. The van der Waals surface area contributed by atoms with Crippen LogP contribution >= 0.6 is 24.0 Å². The lowest BCUT2D eigenvalue weighted by molar-refractivity contribution is 0.0342. The normalized spacial score (nSPS) is 14.4. The second-order valence-electron chi connectivity index (χ2n) is 8.23. The summed E-state index contributed by atoms with van der Waals surface area (Å²) in [5.41, 5.74) is 5.03. The summed E-state index contributed by atoms with van der Waals surface area (Å²) in [6.07, 6.45) is 3.80. The smallest absolute Gasteiger partial charge is 0.191 e. The highest BCUT2D eigenvalue weighted by Gasteiger charge is 2.10. The van der Waals surface area contributed by atoms with Crippen LogP contribution in [-0.2, 0) is 30.9 Å². The van der Waals surface area contributed by atoms with E-state index in [1.165, 1.54) is 22.3 Å². The highest BCUT2D eigenvalue weighted by atomic mass is 127. The molecule has 2 N–H and O–H groups in total. The van der Waals surface area contributed by atoms with Crippen molar-refractivity contribution in [2.45, 2.75) is 33.1 Å². The van der Waals surface area contributed by atoms with E-state index in [2.05, 4.69) is 76.1 Å². The number of hydrogen-bond donors (Lipinski definition) is 2. The summed E-state index contributed by atoms with van der Waals surface area (Å²) in [5.74, 6) is 0.823. The number of ether oxygens (including phenoxy) is 1. The number of hydrogen-bond acceptors (Lipinski definition) is 4. The fraction of sp³-hybridized carbons (Fsp3) is 0.385. The molecule has 0 atom stereocenters. The van der Waals surface area contributed by atoms with Crippen LogP contribution < -0.4 is 10.6 Å². The molecule has 3 aromatic rings. The SMILES string of the molecule is CCNC(=NCc1ccc(CN2CCOCC2)cc1)NCc1ccccc1Cn1cccn1.I. The fourth-order valence-electron chi connectivity index (χ4n) is 3.91. The number of guanidine groups is 1. The van der Waals surface area contributed by atoms with E-state index < -0.39 is 0 Å². The number of halogens is 1. The average molecular weight is 575 g/mol. The van der Waals surface area contributed by atoms with Gasteiger partial charge in [-0.3, -0.25) is 9.58 Å². The van der Waals surface area contributed by atoms with Crippen molar-refractivity contribution in [1.82, 2.24) is 25.3 Å². The Morgan fingerprint density at radius 2 is 1.68 bits per heavy atom. The zero-order valence-corrected chi connectivity index (χ0v) is 22.2. The third-order valence-corrected chi connectivity index (χ3v) is 5.75. The van der Waals surface area contributed by atoms with Gasteiger partial charge in [0.05, 0.1) is 26.3 Å². The molecular weight excluding hydrogens is 539 g/mol. The zero-order chi connectivity index (χ0) is 22.7. The van der Waals surface area contributed by atoms with Gasteiger partial charge in [-0.2, -0.15) is 5.10 Å². The van der Waals surface area contributed by atoms with Gasteiger partial charge in [-0.05, 0) is 35.2 Å². The molecular formula is C26H35IN6O. The fourth-order valence-corrected chi connectivity index (χ4v) is 3.91. The maximum Gasteiger partial charge on any atom is 0.191 e. The molecule has 0 saturated carbocycles. The number of rotatable bonds is 9. The topological polar surface area (TPSA) is 66.7 Å². The number of aliphatic imine (C=N–C) groups is 1. The van der Waals surface area contributed by atoms with Crippen molar-refractivity contribution < 1.29 is 4.74 Å². The largest absolute Gasteiger partial charge is 0.379 e. The lowest BCUT2D eigenvalue weighted by atomic mass is 10.1. The molecule has 2 aromatic carbocycles. The minimum atomic E-state index is 0. The van der Waals surface area contributed by atoms with Gasteiger partial charge in [-0.25, -0.2) is 4.99 Å². The van der Waals surface area contributed by atoms with Gasteiger partial charge in [0.25, 0.3) is 0 Å². The highest BCUT2D eigenvalue weighted by molar-refractivity contribution is 14.0. The Hall–Kier alpha value is -2.43. The van der Waals surface area contributed by atoms with Crippen LogP contribution in [0.4, 0.5) is 0 Å². The van der Waals surface area contributed by atoms with Crippen LogP contribution in [0.25, 0.3) is 0 Å². The van der Waals surface area contributed by atoms with E-state index in [1.807, 2.05) is 23.1 Å². The van der Waals surface area contributed by atoms with Crippen LogP contribution in [0.2, 0.25) is 0 Å². The standard InChI is InChI=1S/C26H34N6O.HI/c1-2-27-26(29-19-24-6-3-4-7-25(24)21-32-13-5-12-30-32)28-18-22-8-10-23(11-9-22)20-31-14-16-33-17-15-31;/h3-13H,2,14-21H2,1H3,(H2,27,28,29);1H. The Labute approximate surface area is 219 Å². The molecule has 8 heteroatoms. The molecule has 0 unspecified atom stereocenters. The minimum absolute atomic E-state index is 0. The Morgan fingerprint density at radius 1 is 0.941 bits per heavy atom. The Balaban J connectivity index is 0.00000324. The summed E-state index contributed by atoms with van der Waals surface area (Å²) < 4.78 is 7.38. The van der Waals surface area contributed by atoms with Crippen LogP contribution in [0.5, 0.6) is 0 Å². The molecule has 4 rings (SSSR count). The first-order valence-corrected chi connectivity index (χ1v) is 11.7. The van der Waals surface area contributed by atoms with Crippen molar-refractivity contribution in [2.24, 2.45) is 4.99 Å². The van der Waals surface area contributed by atoms with Gasteiger partial charge in [-0.1, -0.05) is 48.5 Å². The van der Waals surface area contributed by atoms with Crippen molar-refractivity contribution in [3.05, 3.63) is 89.2 Å². The molecule has 1 saturated heterocycles. The molecule has 0 spiro atoms. The highest BCUT2D eigenvalue weighted by Crippen LogP contribution is 2.12. The number of benzene rings is 2. The molecule has 182 valence electrons. The number of morpholine rings is 1. The van der Waals surface area contributed by atoms with E-state index in [1.54, 1.807) is 0 Å². The van der Waals surface area contributed by atoms with Crippen LogP contribution in [0.3, 0.4) is 0 Å². The van der Waals surface area contributed by atoms with E-state index in [9.17, 15) is 0 Å². The Kier molecular flexibility index (Phi) is 10.8. The third-order valence-electron chi connectivity index (χ3n) is 5.75. The quantitative estimate of drug-likeness (QED) is 0.232. The minimum Gasteiger partial charge on any atom is -0.379 e. The second kappa shape index (κ2) is 14.1. The third kappa shape index (κ3) is 8.11. The van der Waals surface area contributed by atoms with Gasteiger partial charge >= 0.3 is 0 Å². The maximum atomic E-state index is 5.44. The first kappa shape index (κ1) is 26.2. The van der Waals surface area contributed by atoms with Gasteiger partial charge in [0.1, 0.15) is 0 Å². The zero-order valence-electron chi connectivity index (χ0n) is 19.8. The predicted molar refractivity (Wildman–Crippen MR) is 147 cm³/mol. The second-order valence-corrected chi connectivity index (χ2v) is 8.23. The summed E-state index contributed by atoms with van der Waals surface area (Å²) in [6, 6.07) is 19.2. The van der Waals surface area contributed by atoms with Crippen LogP contribution in [0.15, 0.2) is 72.0 Å². The molecule has 1 aliphatic heterocycles. The van der Waals surface area contributed by atoms with E-state index >= 15 is 0 Å². The van der Waals surface area contributed by atoms with Crippen molar-refractivity contribution in [3.8, 4) is 0 Å².